The Morgan fingerprint density at radius 1 is 0.611 bits per heavy atom. The first-order valence-corrected chi connectivity index (χ1v) is 12.8. The van der Waals surface area contributed by atoms with E-state index < -0.39 is 16.6 Å². The number of hydrogen-bond donors (Lipinski definition) is 2. The standard InChI is InChI=1S/2C6H16OSi.O.Ti/c2*1-4-8(7,5-2)6-3;;/h2*7H,4-6H2,1-3H3;;. The zero-order chi connectivity index (χ0) is 15.2. The normalized spacial score (nSPS) is 10.8. The van der Waals surface area contributed by atoms with Crippen molar-refractivity contribution >= 4 is 16.6 Å². The van der Waals surface area contributed by atoms with Gasteiger partial charge in [0.1, 0.15) is 0 Å². The molecule has 18 heavy (non-hydrogen) atoms. The molecular weight excluding hydrogens is 296 g/mol. The van der Waals surface area contributed by atoms with E-state index in [0.717, 1.165) is 56.7 Å². The van der Waals surface area contributed by atoms with Crippen LogP contribution in [0.25, 0.3) is 0 Å². The average molecular weight is 328 g/mol. The van der Waals surface area contributed by atoms with Crippen LogP contribution >= 0.6 is 0 Å². The Bertz CT molecular complexity index is 140. The molecule has 6 heteroatoms. The van der Waals surface area contributed by atoms with Crippen LogP contribution in [0.5, 0.6) is 0 Å². The third-order valence-corrected chi connectivity index (χ3v) is 11.8. The molecule has 3 nitrogen and oxygen atoms in total. The van der Waals surface area contributed by atoms with E-state index in [4.69, 9.17) is 3.32 Å². The molecule has 0 amide bonds. The monoisotopic (exact) mass is 328 g/mol. The molecule has 0 unspecified atom stereocenters. The maximum atomic E-state index is 9.58. The van der Waals surface area contributed by atoms with Gasteiger partial charge in [0.2, 0.25) is 0 Å². The molecule has 110 valence electrons. The van der Waals surface area contributed by atoms with Crippen LogP contribution < -0.4 is 0 Å². The summed E-state index contributed by atoms with van der Waals surface area (Å²) in [6, 6.07) is 6.08. The summed E-state index contributed by atoms with van der Waals surface area (Å²) in [5.74, 6) is 0. The van der Waals surface area contributed by atoms with Gasteiger partial charge >= 0.3 is 23.7 Å². The van der Waals surface area contributed by atoms with Crippen molar-refractivity contribution < 1.29 is 33.3 Å². The van der Waals surface area contributed by atoms with Crippen molar-refractivity contribution in [1.29, 1.82) is 0 Å². The van der Waals surface area contributed by atoms with Gasteiger partial charge < -0.3 is 9.59 Å². The van der Waals surface area contributed by atoms with Gasteiger partial charge in [-0.25, -0.2) is 0 Å². The Balaban J connectivity index is -0.000000219. The SMILES string of the molecule is CC[Si](O)(CC)CC.CC[Si](O)(CC)CC.[O]=[Ti]. The van der Waals surface area contributed by atoms with Gasteiger partial charge in [0.15, 0.2) is 16.6 Å². The maximum absolute atomic E-state index is 9.58. The Hall–Kier alpha value is 0.868. The molecule has 0 fully saturated rings. The van der Waals surface area contributed by atoms with E-state index >= 15 is 0 Å². The van der Waals surface area contributed by atoms with Gasteiger partial charge in [0.25, 0.3) is 0 Å². The molecule has 0 aliphatic carbocycles. The number of hydrogen-bond acceptors (Lipinski definition) is 3. The predicted molar refractivity (Wildman–Crippen MR) is 79.5 cm³/mol. The van der Waals surface area contributed by atoms with E-state index in [1.807, 2.05) is 0 Å². The number of rotatable bonds is 6. The average Bonchev–Trinajstić information content (AvgIpc) is 2.48. The van der Waals surface area contributed by atoms with Crippen molar-refractivity contribution in [2.75, 3.05) is 0 Å². The molecule has 0 saturated heterocycles. The summed E-state index contributed by atoms with van der Waals surface area (Å²) in [4.78, 5) is 19.2. The Morgan fingerprint density at radius 2 is 0.722 bits per heavy atom. The van der Waals surface area contributed by atoms with Crippen molar-refractivity contribution in [3.63, 3.8) is 0 Å². The van der Waals surface area contributed by atoms with Gasteiger partial charge in [0.05, 0.1) is 0 Å². The predicted octanol–water partition coefficient (Wildman–Crippen LogP) is 3.85. The molecule has 0 aromatic heterocycles. The molecule has 0 rings (SSSR count). The molecule has 0 radical (unpaired) electrons. The van der Waals surface area contributed by atoms with E-state index in [0.29, 0.717) is 0 Å². The van der Waals surface area contributed by atoms with E-state index in [9.17, 15) is 9.59 Å². The first-order valence-electron chi connectivity index (χ1n) is 7.02. The summed E-state index contributed by atoms with van der Waals surface area (Å²) in [6.07, 6.45) is 0. The van der Waals surface area contributed by atoms with Crippen molar-refractivity contribution in [3.8, 4) is 0 Å². The van der Waals surface area contributed by atoms with Gasteiger partial charge in [-0.3, -0.25) is 0 Å². The van der Waals surface area contributed by atoms with Crippen LogP contribution in [0.1, 0.15) is 41.5 Å². The molecule has 0 atom stereocenters. The molecule has 0 bridgehead atoms. The van der Waals surface area contributed by atoms with Crippen molar-refractivity contribution in [3.05, 3.63) is 0 Å². The van der Waals surface area contributed by atoms with Crippen LogP contribution in [-0.4, -0.2) is 26.2 Å². The van der Waals surface area contributed by atoms with Gasteiger partial charge in [-0.15, -0.1) is 0 Å². The Morgan fingerprint density at radius 3 is 0.722 bits per heavy atom. The van der Waals surface area contributed by atoms with E-state index in [-0.39, 0.29) is 0 Å². The van der Waals surface area contributed by atoms with E-state index in [1.54, 1.807) is 0 Å². The van der Waals surface area contributed by atoms with E-state index in [2.05, 4.69) is 41.5 Å². The Labute approximate surface area is 127 Å². The van der Waals surface area contributed by atoms with Gasteiger partial charge in [-0.05, 0) is 36.3 Å². The molecule has 0 aromatic rings. The van der Waals surface area contributed by atoms with Crippen LogP contribution in [-0.2, 0) is 23.7 Å². The molecule has 0 aliphatic rings. The molecule has 0 heterocycles. The third-order valence-electron chi connectivity index (χ3n) is 3.95. The molecule has 0 aromatic carbocycles. The van der Waals surface area contributed by atoms with Crippen LogP contribution in [0.4, 0.5) is 0 Å². The van der Waals surface area contributed by atoms with Crippen LogP contribution in [0.15, 0.2) is 0 Å². The fraction of sp³-hybridized carbons (Fsp3) is 1.00. The zero-order valence-electron chi connectivity index (χ0n) is 13.0. The summed E-state index contributed by atoms with van der Waals surface area (Å²) in [5.41, 5.74) is 0. The van der Waals surface area contributed by atoms with Crippen molar-refractivity contribution in [2.45, 2.75) is 77.8 Å². The molecule has 0 aliphatic heterocycles. The van der Waals surface area contributed by atoms with Gasteiger partial charge in [-0.2, -0.15) is 0 Å². The Kier molecular flexibility index (Phi) is 19.0. The third kappa shape index (κ3) is 11.9. The second-order valence-corrected chi connectivity index (χ2v) is 13.7. The second-order valence-electron chi connectivity index (χ2n) is 4.57. The van der Waals surface area contributed by atoms with Crippen molar-refractivity contribution in [2.24, 2.45) is 0 Å². The van der Waals surface area contributed by atoms with E-state index in [1.165, 1.54) is 0 Å². The topological polar surface area (TPSA) is 57.5 Å². The van der Waals surface area contributed by atoms with Gasteiger partial charge in [-0.1, -0.05) is 41.5 Å². The minimum atomic E-state index is -1.67. The zero-order valence-corrected chi connectivity index (χ0v) is 16.6. The molecule has 0 saturated carbocycles. The quantitative estimate of drug-likeness (QED) is 0.728. The molecule has 0 spiro atoms. The fourth-order valence-corrected chi connectivity index (χ4v) is 4.50. The molecular formula is C12H32O3Si2Ti. The van der Waals surface area contributed by atoms with Crippen LogP contribution in [0, 0.1) is 0 Å². The summed E-state index contributed by atoms with van der Waals surface area (Å²) < 4.78 is 8.25. The summed E-state index contributed by atoms with van der Waals surface area (Å²) in [5, 5.41) is 0. The van der Waals surface area contributed by atoms with Crippen LogP contribution in [0.2, 0.25) is 36.3 Å². The first-order chi connectivity index (χ1) is 8.36. The summed E-state index contributed by atoms with van der Waals surface area (Å²) in [7, 11) is -3.34. The fourth-order valence-electron chi connectivity index (χ4n) is 1.50. The summed E-state index contributed by atoms with van der Waals surface area (Å²) in [6.45, 7) is 12.5. The van der Waals surface area contributed by atoms with Gasteiger partial charge in [0, 0.05) is 0 Å². The first kappa shape index (κ1) is 23.9. The summed E-state index contributed by atoms with van der Waals surface area (Å²) >= 11 is 0.750. The second kappa shape index (κ2) is 14.3. The molecule has 2 N–H and O–H groups in total. The minimum absolute atomic E-state index is 0.750. The van der Waals surface area contributed by atoms with Crippen molar-refractivity contribution in [1.82, 2.24) is 0 Å². The van der Waals surface area contributed by atoms with Crippen LogP contribution in [0.3, 0.4) is 0 Å².